The molecule has 1 saturated heterocycles. The number of hydrogen-bond acceptors (Lipinski definition) is 3. The van der Waals surface area contributed by atoms with Crippen LogP contribution in [0.4, 0.5) is 5.69 Å². The number of hydrogen-bond donors (Lipinski definition) is 2. The summed E-state index contributed by atoms with van der Waals surface area (Å²) in [7, 11) is 1.82. The van der Waals surface area contributed by atoms with Crippen LogP contribution >= 0.6 is 0 Å². The van der Waals surface area contributed by atoms with Gasteiger partial charge in [-0.2, -0.15) is 5.10 Å². The standard InChI is InChI=1S/C25H32N6/c1-20(22-9-8-12-24(17-22)30-15-6-7-16-30)29-25(26-2)27-14-13-21-18-28-31(19-21)23-10-4-3-5-11-23/h3-5,8-12,17-20H,6-7,13-16H2,1-2H3,(H2,26,27,29). The van der Waals surface area contributed by atoms with Crippen molar-refractivity contribution in [3.63, 3.8) is 0 Å². The van der Waals surface area contributed by atoms with Crippen LogP contribution < -0.4 is 15.5 Å². The lowest BCUT2D eigenvalue weighted by atomic mass is 10.1. The molecule has 2 heterocycles. The highest BCUT2D eigenvalue weighted by atomic mass is 15.3. The monoisotopic (exact) mass is 416 g/mol. The third-order valence-corrected chi connectivity index (χ3v) is 5.78. The molecule has 0 amide bonds. The SMILES string of the molecule is CN=C(NCCc1cnn(-c2ccccc2)c1)NC(C)c1cccc(N2CCCC2)c1. The van der Waals surface area contributed by atoms with E-state index in [0.29, 0.717) is 0 Å². The zero-order valence-corrected chi connectivity index (χ0v) is 18.5. The molecule has 0 spiro atoms. The minimum atomic E-state index is 0.176. The maximum absolute atomic E-state index is 4.47. The minimum absolute atomic E-state index is 0.176. The highest BCUT2D eigenvalue weighted by Crippen LogP contribution is 2.23. The van der Waals surface area contributed by atoms with Crippen molar-refractivity contribution in [1.82, 2.24) is 20.4 Å². The van der Waals surface area contributed by atoms with Crippen LogP contribution in [-0.2, 0) is 6.42 Å². The van der Waals surface area contributed by atoms with Gasteiger partial charge in [0.25, 0.3) is 0 Å². The van der Waals surface area contributed by atoms with E-state index in [-0.39, 0.29) is 6.04 Å². The van der Waals surface area contributed by atoms with Gasteiger partial charge in [0, 0.05) is 38.6 Å². The predicted molar refractivity (Wildman–Crippen MR) is 128 cm³/mol. The first-order valence-electron chi connectivity index (χ1n) is 11.1. The topological polar surface area (TPSA) is 57.5 Å². The van der Waals surface area contributed by atoms with Crippen molar-refractivity contribution in [2.45, 2.75) is 32.2 Å². The second kappa shape index (κ2) is 10.2. The largest absolute Gasteiger partial charge is 0.372 e. The number of benzene rings is 2. The summed E-state index contributed by atoms with van der Waals surface area (Å²) in [6, 6.07) is 19.2. The summed E-state index contributed by atoms with van der Waals surface area (Å²) < 4.78 is 1.91. The first-order chi connectivity index (χ1) is 15.2. The molecule has 2 aromatic carbocycles. The van der Waals surface area contributed by atoms with E-state index in [1.54, 1.807) is 0 Å². The van der Waals surface area contributed by atoms with E-state index in [9.17, 15) is 0 Å². The van der Waals surface area contributed by atoms with Crippen LogP contribution in [0.1, 0.15) is 36.9 Å². The average molecular weight is 417 g/mol. The molecule has 4 rings (SSSR count). The number of para-hydroxylation sites is 1. The first-order valence-corrected chi connectivity index (χ1v) is 11.1. The van der Waals surface area contributed by atoms with Crippen molar-refractivity contribution in [3.8, 4) is 5.69 Å². The number of nitrogens with zero attached hydrogens (tertiary/aromatic N) is 4. The number of anilines is 1. The van der Waals surface area contributed by atoms with Crippen LogP contribution in [0.2, 0.25) is 0 Å². The summed E-state index contributed by atoms with van der Waals surface area (Å²) in [6.45, 7) is 5.30. The van der Waals surface area contributed by atoms with Crippen LogP contribution in [0.15, 0.2) is 72.0 Å². The lowest BCUT2D eigenvalue weighted by molar-refractivity contribution is 0.684. The summed E-state index contributed by atoms with van der Waals surface area (Å²) in [6.07, 6.45) is 7.47. The molecule has 162 valence electrons. The van der Waals surface area contributed by atoms with E-state index in [1.807, 2.05) is 36.1 Å². The highest BCUT2D eigenvalue weighted by molar-refractivity contribution is 5.80. The van der Waals surface area contributed by atoms with Gasteiger partial charge < -0.3 is 15.5 Å². The molecule has 1 aliphatic heterocycles. The molecule has 6 heteroatoms. The molecule has 0 radical (unpaired) electrons. The zero-order valence-electron chi connectivity index (χ0n) is 18.5. The number of rotatable bonds is 7. The van der Waals surface area contributed by atoms with Gasteiger partial charge in [-0.15, -0.1) is 0 Å². The van der Waals surface area contributed by atoms with E-state index in [2.05, 4.69) is 75.1 Å². The number of guanidine groups is 1. The fourth-order valence-corrected chi connectivity index (χ4v) is 3.99. The summed E-state index contributed by atoms with van der Waals surface area (Å²) in [5, 5.41) is 11.4. The van der Waals surface area contributed by atoms with Crippen molar-refractivity contribution < 1.29 is 0 Å². The van der Waals surface area contributed by atoms with Gasteiger partial charge in [-0.25, -0.2) is 4.68 Å². The van der Waals surface area contributed by atoms with Crippen LogP contribution in [0.3, 0.4) is 0 Å². The van der Waals surface area contributed by atoms with Crippen LogP contribution in [0, 0.1) is 0 Å². The van der Waals surface area contributed by atoms with Crippen molar-refractivity contribution in [1.29, 1.82) is 0 Å². The summed E-state index contributed by atoms with van der Waals surface area (Å²) >= 11 is 0. The molecule has 1 atom stereocenters. The molecule has 6 nitrogen and oxygen atoms in total. The lowest BCUT2D eigenvalue weighted by Crippen LogP contribution is -2.39. The molecular formula is C25H32N6. The first kappa shape index (κ1) is 21.0. The Labute approximate surface area is 185 Å². The normalized spacial score (nSPS) is 15.2. The molecule has 31 heavy (non-hydrogen) atoms. The van der Waals surface area contributed by atoms with Gasteiger partial charge in [0.1, 0.15) is 0 Å². The predicted octanol–water partition coefficient (Wildman–Crippen LogP) is 3.94. The fraction of sp³-hybridized carbons (Fsp3) is 0.360. The van der Waals surface area contributed by atoms with Crippen LogP contribution in [-0.4, -0.2) is 42.4 Å². The molecule has 1 unspecified atom stereocenters. The van der Waals surface area contributed by atoms with Crippen molar-refractivity contribution in [3.05, 3.63) is 78.1 Å². The van der Waals surface area contributed by atoms with E-state index in [1.165, 1.54) is 29.7 Å². The molecule has 0 aliphatic carbocycles. The van der Waals surface area contributed by atoms with Gasteiger partial charge in [-0.3, -0.25) is 4.99 Å². The molecule has 1 fully saturated rings. The van der Waals surface area contributed by atoms with Gasteiger partial charge in [0.2, 0.25) is 0 Å². The second-order valence-electron chi connectivity index (χ2n) is 8.03. The Morgan fingerprint density at radius 3 is 2.61 bits per heavy atom. The summed E-state index contributed by atoms with van der Waals surface area (Å²) in [5.74, 6) is 0.814. The van der Waals surface area contributed by atoms with E-state index in [4.69, 9.17) is 0 Å². The molecule has 3 aromatic rings. The Kier molecular flexibility index (Phi) is 6.87. The maximum Gasteiger partial charge on any atom is 0.191 e. The quantitative estimate of drug-likeness (QED) is 0.452. The summed E-state index contributed by atoms with van der Waals surface area (Å²) in [5.41, 5.74) is 4.86. The van der Waals surface area contributed by atoms with E-state index in [0.717, 1.165) is 37.7 Å². The van der Waals surface area contributed by atoms with Gasteiger partial charge in [0.05, 0.1) is 17.9 Å². The number of aromatic nitrogens is 2. The Balaban J connectivity index is 1.29. The Morgan fingerprint density at radius 2 is 1.84 bits per heavy atom. The van der Waals surface area contributed by atoms with Gasteiger partial charge in [0.15, 0.2) is 5.96 Å². The van der Waals surface area contributed by atoms with Gasteiger partial charge in [-0.05, 0) is 61.6 Å². The van der Waals surface area contributed by atoms with Crippen LogP contribution in [0.5, 0.6) is 0 Å². The molecule has 0 bridgehead atoms. The van der Waals surface area contributed by atoms with Crippen molar-refractivity contribution in [2.75, 3.05) is 31.6 Å². The van der Waals surface area contributed by atoms with Gasteiger partial charge >= 0.3 is 0 Å². The number of aliphatic imine (C=N–C) groups is 1. The average Bonchev–Trinajstić information content (AvgIpc) is 3.52. The number of nitrogens with one attached hydrogen (secondary N) is 2. The molecule has 0 saturated carbocycles. The molecular weight excluding hydrogens is 384 g/mol. The van der Waals surface area contributed by atoms with E-state index < -0.39 is 0 Å². The third-order valence-electron chi connectivity index (χ3n) is 5.78. The highest BCUT2D eigenvalue weighted by Gasteiger charge is 2.14. The molecule has 1 aromatic heterocycles. The Bertz CT molecular complexity index is 988. The lowest BCUT2D eigenvalue weighted by Gasteiger charge is -2.22. The Hall–Kier alpha value is -3.28. The second-order valence-corrected chi connectivity index (χ2v) is 8.03. The molecule has 1 aliphatic rings. The van der Waals surface area contributed by atoms with Crippen LogP contribution in [0.25, 0.3) is 5.69 Å². The van der Waals surface area contributed by atoms with Crippen molar-refractivity contribution in [2.24, 2.45) is 4.99 Å². The smallest absolute Gasteiger partial charge is 0.191 e. The maximum atomic E-state index is 4.47. The molecule has 2 N–H and O–H groups in total. The third kappa shape index (κ3) is 5.45. The van der Waals surface area contributed by atoms with E-state index >= 15 is 0 Å². The Morgan fingerprint density at radius 1 is 1.06 bits per heavy atom. The summed E-state index contributed by atoms with van der Waals surface area (Å²) in [4.78, 5) is 6.87. The zero-order chi connectivity index (χ0) is 21.5. The van der Waals surface area contributed by atoms with Crippen molar-refractivity contribution >= 4 is 11.6 Å². The fourth-order valence-electron chi connectivity index (χ4n) is 3.99. The minimum Gasteiger partial charge on any atom is -0.372 e. The van der Waals surface area contributed by atoms with Gasteiger partial charge in [-0.1, -0.05) is 30.3 Å².